The molecule has 0 bridgehead atoms. The summed E-state index contributed by atoms with van der Waals surface area (Å²) in [4.78, 5) is 0. The molecule has 5 heteroatoms. The van der Waals surface area contributed by atoms with Crippen LogP contribution in [0.3, 0.4) is 0 Å². The molecule has 0 N–H and O–H groups in total. The van der Waals surface area contributed by atoms with Gasteiger partial charge in [0.25, 0.3) is 10.1 Å². The van der Waals surface area contributed by atoms with Crippen LogP contribution in [0.5, 0.6) is 0 Å². The fraction of sp³-hybridized carbons (Fsp3) is 0.750. The van der Waals surface area contributed by atoms with Crippen molar-refractivity contribution in [1.82, 2.24) is 0 Å². The van der Waals surface area contributed by atoms with Crippen LogP contribution in [0, 0.1) is 0 Å². The Morgan fingerprint density at radius 3 is 2.46 bits per heavy atom. The molecule has 0 fully saturated rings. The molecule has 0 atom stereocenters. The standard InChI is InChI=1S/C8H16O3S.Ca.2H/c1-3-5-6-7-11-12(9,10)8-4-2;;;/h4H,2-3,5-8H2,1H3;;;. The molecule has 0 heterocycles. The van der Waals surface area contributed by atoms with Crippen LogP contribution in [0.1, 0.15) is 26.2 Å². The minimum atomic E-state index is -3.33. The van der Waals surface area contributed by atoms with Gasteiger partial charge in [-0.15, -0.1) is 6.58 Å². The van der Waals surface area contributed by atoms with Crippen molar-refractivity contribution >= 4 is 47.9 Å². The van der Waals surface area contributed by atoms with Gasteiger partial charge in [0.1, 0.15) is 0 Å². The summed E-state index contributed by atoms with van der Waals surface area (Å²) in [6, 6.07) is 0. The van der Waals surface area contributed by atoms with Gasteiger partial charge in [0.05, 0.1) is 12.4 Å². The molecule has 0 aromatic rings. The fourth-order valence-electron chi connectivity index (χ4n) is 0.730. The second kappa shape index (κ2) is 9.46. The van der Waals surface area contributed by atoms with Crippen LogP contribution in [0.15, 0.2) is 12.7 Å². The summed E-state index contributed by atoms with van der Waals surface area (Å²) >= 11 is 0. The molecule has 0 spiro atoms. The van der Waals surface area contributed by atoms with E-state index in [1.165, 1.54) is 6.08 Å². The Morgan fingerprint density at radius 2 is 2.00 bits per heavy atom. The summed E-state index contributed by atoms with van der Waals surface area (Å²) < 4.78 is 26.5. The van der Waals surface area contributed by atoms with Gasteiger partial charge in [0, 0.05) is 0 Å². The molecule has 0 aliphatic rings. The van der Waals surface area contributed by atoms with E-state index in [1.54, 1.807) is 0 Å². The van der Waals surface area contributed by atoms with E-state index >= 15 is 0 Å². The number of hydrogen-bond donors (Lipinski definition) is 0. The van der Waals surface area contributed by atoms with Crippen molar-refractivity contribution in [2.45, 2.75) is 26.2 Å². The Labute approximate surface area is 111 Å². The van der Waals surface area contributed by atoms with Crippen molar-refractivity contribution in [3.8, 4) is 0 Å². The molecule has 0 aromatic heterocycles. The molecular formula is C8H18CaO3S. The first kappa shape index (κ1) is 16.3. The topological polar surface area (TPSA) is 43.4 Å². The molecule has 0 saturated carbocycles. The summed E-state index contributed by atoms with van der Waals surface area (Å²) in [5.41, 5.74) is 0. The van der Waals surface area contributed by atoms with E-state index in [2.05, 4.69) is 17.7 Å². The Bertz CT molecular complexity index is 211. The van der Waals surface area contributed by atoms with Crippen molar-refractivity contribution < 1.29 is 12.6 Å². The van der Waals surface area contributed by atoms with Gasteiger partial charge >= 0.3 is 37.7 Å². The molecule has 76 valence electrons. The van der Waals surface area contributed by atoms with Crippen LogP contribution in [-0.4, -0.2) is 58.5 Å². The molecule has 0 radical (unpaired) electrons. The molecule has 0 aromatic carbocycles. The molecule has 0 rings (SSSR count). The van der Waals surface area contributed by atoms with E-state index in [-0.39, 0.29) is 43.5 Å². The molecular weight excluding hydrogens is 216 g/mol. The Hall–Kier alpha value is 0.910. The van der Waals surface area contributed by atoms with Crippen LogP contribution in [0.25, 0.3) is 0 Å². The number of hydrogen-bond acceptors (Lipinski definition) is 3. The zero-order valence-electron chi connectivity index (χ0n) is 7.45. The van der Waals surface area contributed by atoms with Gasteiger partial charge in [0.15, 0.2) is 0 Å². The van der Waals surface area contributed by atoms with E-state index in [1.807, 2.05) is 0 Å². The summed E-state index contributed by atoms with van der Waals surface area (Å²) in [5, 5.41) is 0. The van der Waals surface area contributed by atoms with E-state index in [9.17, 15) is 8.42 Å². The van der Waals surface area contributed by atoms with Crippen molar-refractivity contribution in [2.75, 3.05) is 12.4 Å². The van der Waals surface area contributed by atoms with Crippen LogP contribution >= 0.6 is 0 Å². The van der Waals surface area contributed by atoms with E-state index < -0.39 is 10.1 Å². The van der Waals surface area contributed by atoms with Crippen LogP contribution in [0.4, 0.5) is 0 Å². The molecule has 3 nitrogen and oxygen atoms in total. The molecule has 13 heavy (non-hydrogen) atoms. The Kier molecular flexibility index (Phi) is 11.9. The maximum atomic E-state index is 10.9. The van der Waals surface area contributed by atoms with Crippen LogP contribution < -0.4 is 0 Å². The second-order valence-corrected chi connectivity index (χ2v) is 4.23. The van der Waals surface area contributed by atoms with Gasteiger partial charge in [-0.25, -0.2) is 0 Å². The van der Waals surface area contributed by atoms with Gasteiger partial charge in [-0.1, -0.05) is 25.8 Å². The van der Waals surface area contributed by atoms with Crippen LogP contribution in [-0.2, 0) is 14.3 Å². The summed E-state index contributed by atoms with van der Waals surface area (Å²) in [7, 11) is -3.33. The fourth-order valence-corrected chi connectivity index (χ4v) is 1.49. The van der Waals surface area contributed by atoms with Gasteiger partial charge in [-0.3, -0.25) is 4.18 Å². The first-order valence-electron chi connectivity index (χ1n) is 4.10. The zero-order chi connectivity index (χ0) is 9.45. The van der Waals surface area contributed by atoms with Gasteiger partial charge in [0.2, 0.25) is 0 Å². The van der Waals surface area contributed by atoms with E-state index in [0.29, 0.717) is 6.61 Å². The third-order valence-corrected chi connectivity index (χ3v) is 2.50. The average Bonchev–Trinajstić information content (AvgIpc) is 1.98. The Morgan fingerprint density at radius 1 is 1.38 bits per heavy atom. The molecule has 0 unspecified atom stereocenters. The van der Waals surface area contributed by atoms with E-state index in [0.717, 1.165) is 19.3 Å². The first-order valence-corrected chi connectivity index (χ1v) is 5.68. The molecule has 0 aliphatic heterocycles. The summed E-state index contributed by atoms with van der Waals surface area (Å²) in [6.45, 7) is 5.68. The van der Waals surface area contributed by atoms with Crippen molar-refractivity contribution in [3.63, 3.8) is 0 Å². The Balaban J connectivity index is 0. The van der Waals surface area contributed by atoms with Crippen molar-refractivity contribution in [1.29, 1.82) is 0 Å². The third-order valence-electron chi connectivity index (χ3n) is 1.33. The normalized spacial score (nSPS) is 10.5. The van der Waals surface area contributed by atoms with Gasteiger partial charge in [-0.2, -0.15) is 8.42 Å². The average molecular weight is 234 g/mol. The summed E-state index contributed by atoms with van der Waals surface area (Å²) in [5.74, 6) is -0.0981. The predicted octanol–water partition coefficient (Wildman–Crippen LogP) is 0.793. The number of rotatable bonds is 7. The SMILES string of the molecule is C=CCS(=O)(=O)OCCCCC.[CaH2]. The molecule has 0 aliphatic carbocycles. The van der Waals surface area contributed by atoms with Crippen LogP contribution in [0.2, 0.25) is 0 Å². The third kappa shape index (κ3) is 10.8. The van der Waals surface area contributed by atoms with Crippen molar-refractivity contribution in [2.24, 2.45) is 0 Å². The zero-order valence-corrected chi connectivity index (χ0v) is 8.27. The number of unbranched alkanes of at least 4 members (excludes halogenated alkanes) is 2. The van der Waals surface area contributed by atoms with Crippen molar-refractivity contribution in [3.05, 3.63) is 12.7 Å². The van der Waals surface area contributed by atoms with Gasteiger partial charge in [-0.05, 0) is 6.42 Å². The predicted molar refractivity (Wildman–Crippen MR) is 58.0 cm³/mol. The monoisotopic (exact) mass is 234 g/mol. The first-order chi connectivity index (χ1) is 5.62. The summed E-state index contributed by atoms with van der Waals surface area (Å²) in [6.07, 6.45) is 4.19. The molecule has 0 saturated heterocycles. The van der Waals surface area contributed by atoms with E-state index in [4.69, 9.17) is 0 Å². The maximum absolute atomic E-state index is 10.9. The quantitative estimate of drug-likeness (QED) is 0.283. The second-order valence-electron chi connectivity index (χ2n) is 2.54. The minimum absolute atomic E-state index is 0. The molecule has 0 amide bonds. The van der Waals surface area contributed by atoms with Gasteiger partial charge < -0.3 is 0 Å².